The van der Waals surface area contributed by atoms with Crippen LogP contribution in [0.1, 0.15) is 65.0 Å². The summed E-state index contributed by atoms with van der Waals surface area (Å²) in [6, 6.07) is 36.8. The topological polar surface area (TPSA) is 60.4 Å². The van der Waals surface area contributed by atoms with E-state index in [1.54, 1.807) is 48.5 Å². The van der Waals surface area contributed by atoms with Crippen molar-refractivity contribution in [1.82, 2.24) is 0 Å². The molecule has 0 spiro atoms. The Kier molecular flexibility index (Phi) is 9.81. The Bertz CT molecular complexity index is 1400. The zero-order valence-electron chi connectivity index (χ0n) is 23.8. The first-order chi connectivity index (χ1) is 19.7. The average Bonchev–Trinajstić information content (AvgIpc) is 2.99. The third kappa shape index (κ3) is 7.98. The van der Waals surface area contributed by atoms with Crippen molar-refractivity contribution < 1.29 is 19.1 Å². The van der Waals surface area contributed by atoms with Crippen molar-refractivity contribution in [3.05, 3.63) is 150 Å². The third-order valence-electron chi connectivity index (χ3n) is 6.87. The molecule has 0 aliphatic rings. The van der Waals surface area contributed by atoms with Gasteiger partial charge in [-0.25, -0.2) is 0 Å². The quantitative estimate of drug-likeness (QED) is 0.108. The number of ether oxygens (including phenoxy) is 1. The molecule has 0 bridgehead atoms. The lowest BCUT2D eigenvalue weighted by Crippen LogP contribution is -2.39. The molecule has 0 unspecified atom stereocenters. The molecule has 0 fully saturated rings. The third-order valence-corrected chi connectivity index (χ3v) is 6.87. The van der Waals surface area contributed by atoms with E-state index < -0.39 is 29.3 Å². The minimum atomic E-state index is -1.15. The summed E-state index contributed by atoms with van der Waals surface area (Å²) in [6.07, 6.45) is 4.16. The van der Waals surface area contributed by atoms with Crippen molar-refractivity contribution in [2.45, 2.75) is 38.7 Å². The number of benzene rings is 4. The molecule has 0 saturated carbocycles. The number of carbonyl (C=O) groups excluding carboxylic acids is 3. The predicted molar refractivity (Wildman–Crippen MR) is 164 cm³/mol. The molecule has 4 aromatic rings. The summed E-state index contributed by atoms with van der Waals surface area (Å²) >= 11 is 0. The van der Waals surface area contributed by atoms with Gasteiger partial charge in [-0.1, -0.05) is 133 Å². The number of hydrogen-bond acceptors (Lipinski definition) is 4. The van der Waals surface area contributed by atoms with Gasteiger partial charge >= 0.3 is 5.97 Å². The summed E-state index contributed by atoms with van der Waals surface area (Å²) in [5.41, 5.74) is 1.82. The van der Waals surface area contributed by atoms with E-state index >= 15 is 0 Å². The van der Waals surface area contributed by atoms with Gasteiger partial charge in [-0.05, 0) is 38.3 Å². The minimum absolute atomic E-state index is 0.282. The number of esters is 1. The molecule has 0 saturated heterocycles. The van der Waals surface area contributed by atoms with Gasteiger partial charge in [0.1, 0.15) is 5.60 Å². The molecule has 4 nitrogen and oxygen atoms in total. The molecule has 0 aliphatic carbocycles. The summed E-state index contributed by atoms with van der Waals surface area (Å²) in [5, 5.41) is 0. The molecule has 0 aromatic heterocycles. The molecule has 0 amide bonds. The van der Waals surface area contributed by atoms with Crippen molar-refractivity contribution in [3.8, 4) is 0 Å². The van der Waals surface area contributed by atoms with Gasteiger partial charge in [0, 0.05) is 17.0 Å². The Labute approximate surface area is 242 Å². The van der Waals surface area contributed by atoms with E-state index in [2.05, 4.69) is 0 Å². The number of rotatable bonds is 11. The first-order valence-corrected chi connectivity index (χ1v) is 13.9. The predicted octanol–water partition coefficient (Wildman–Crippen LogP) is 8.21. The second-order valence-electron chi connectivity index (χ2n) is 11.1. The first kappa shape index (κ1) is 29.4. The van der Waals surface area contributed by atoms with Crippen molar-refractivity contribution >= 4 is 23.6 Å². The van der Waals surface area contributed by atoms with Gasteiger partial charge in [-0.15, -0.1) is 0 Å². The SMILES string of the molecule is CC(C)(C)OC(=O)[C@@H](C/C=C/c1ccccc1)[C@@H](c1ccccc1)C(C(=O)c1ccccc1)C(=O)c1ccccc1. The van der Waals surface area contributed by atoms with E-state index in [9.17, 15) is 14.4 Å². The number of allylic oxidation sites excluding steroid dienone is 1. The van der Waals surface area contributed by atoms with Crippen LogP contribution in [0.15, 0.2) is 127 Å². The van der Waals surface area contributed by atoms with Gasteiger partial charge in [0.15, 0.2) is 11.6 Å². The summed E-state index contributed by atoms with van der Waals surface area (Å²) in [5.74, 6) is -3.82. The molecule has 4 aromatic carbocycles. The van der Waals surface area contributed by atoms with Crippen LogP contribution in [0.5, 0.6) is 0 Å². The lowest BCUT2D eigenvalue weighted by molar-refractivity contribution is -0.161. The second kappa shape index (κ2) is 13.7. The lowest BCUT2D eigenvalue weighted by Gasteiger charge is -2.33. The van der Waals surface area contributed by atoms with Crippen molar-refractivity contribution in [3.63, 3.8) is 0 Å². The van der Waals surface area contributed by atoms with Gasteiger partial charge in [-0.3, -0.25) is 14.4 Å². The highest BCUT2D eigenvalue weighted by Gasteiger charge is 2.44. The fraction of sp³-hybridized carbons (Fsp3) is 0.216. The van der Waals surface area contributed by atoms with Crippen molar-refractivity contribution in [1.29, 1.82) is 0 Å². The van der Waals surface area contributed by atoms with Gasteiger partial charge in [0.25, 0.3) is 0 Å². The molecule has 0 radical (unpaired) electrons. The van der Waals surface area contributed by atoms with Gasteiger partial charge in [0.05, 0.1) is 11.8 Å². The molecular formula is C37H36O4. The maximum absolute atomic E-state index is 14.3. The number of hydrogen-bond donors (Lipinski definition) is 0. The van der Waals surface area contributed by atoms with Crippen LogP contribution in [0.2, 0.25) is 0 Å². The summed E-state index contributed by atoms with van der Waals surface area (Å²) in [4.78, 5) is 42.5. The molecule has 208 valence electrons. The van der Waals surface area contributed by atoms with Gasteiger partial charge < -0.3 is 4.74 Å². The lowest BCUT2D eigenvalue weighted by atomic mass is 9.70. The van der Waals surface area contributed by atoms with E-state index in [0.717, 1.165) is 11.1 Å². The maximum Gasteiger partial charge on any atom is 0.310 e. The number of carbonyl (C=O) groups is 3. The Morgan fingerprint density at radius 2 is 1.10 bits per heavy atom. The Morgan fingerprint density at radius 1 is 0.659 bits per heavy atom. The van der Waals surface area contributed by atoms with Crippen LogP contribution in [0.4, 0.5) is 0 Å². The van der Waals surface area contributed by atoms with E-state index in [0.29, 0.717) is 11.1 Å². The summed E-state index contributed by atoms with van der Waals surface area (Å²) < 4.78 is 5.93. The fourth-order valence-corrected chi connectivity index (χ4v) is 5.02. The van der Waals surface area contributed by atoms with Crippen molar-refractivity contribution in [2.75, 3.05) is 0 Å². The zero-order valence-corrected chi connectivity index (χ0v) is 23.8. The Hall–Kier alpha value is -4.57. The van der Waals surface area contributed by atoms with E-state index in [-0.39, 0.29) is 18.0 Å². The van der Waals surface area contributed by atoms with E-state index in [1.807, 2.05) is 106 Å². The van der Waals surface area contributed by atoms with Crippen LogP contribution in [0.3, 0.4) is 0 Å². The Balaban J connectivity index is 1.88. The second-order valence-corrected chi connectivity index (χ2v) is 11.1. The molecular weight excluding hydrogens is 508 g/mol. The fourth-order valence-electron chi connectivity index (χ4n) is 5.02. The van der Waals surface area contributed by atoms with E-state index in [1.165, 1.54) is 0 Å². The highest BCUT2D eigenvalue weighted by Crippen LogP contribution is 2.40. The zero-order chi connectivity index (χ0) is 29.2. The summed E-state index contributed by atoms with van der Waals surface area (Å²) in [7, 11) is 0. The number of Topliss-reactive ketones (excluding diaryl/α,β-unsaturated/α-hetero) is 2. The monoisotopic (exact) mass is 544 g/mol. The Morgan fingerprint density at radius 3 is 1.56 bits per heavy atom. The molecule has 0 aliphatic heterocycles. The molecule has 4 rings (SSSR count). The first-order valence-electron chi connectivity index (χ1n) is 13.9. The van der Waals surface area contributed by atoms with Crippen LogP contribution in [-0.2, 0) is 9.53 Å². The number of ketones is 2. The molecule has 0 heterocycles. The van der Waals surface area contributed by atoms with Crippen LogP contribution in [0, 0.1) is 11.8 Å². The molecule has 0 N–H and O–H groups in total. The average molecular weight is 545 g/mol. The van der Waals surface area contributed by atoms with Crippen LogP contribution in [0.25, 0.3) is 6.08 Å². The largest absolute Gasteiger partial charge is 0.460 e. The van der Waals surface area contributed by atoms with Crippen LogP contribution >= 0.6 is 0 Å². The molecule has 2 atom stereocenters. The van der Waals surface area contributed by atoms with Crippen molar-refractivity contribution in [2.24, 2.45) is 11.8 Å². The van der Waals surface area contributed by atoms with Crippen LogP contribution < -0.4 is 0 Å². The minimum Gasteiger partial charge on any atom is -0.460 e. The standard InChI is InChI=1S/C37H36O4/c1-37(2,3)41-36(40)31(26-16-19-27-17-8-4-9-18-27)32(28-20-10-5-11-21-28)33(34(38)29-22-12-6-13-23-29)35(39)30-24-14-7-15-25-30/h4-25,31-33H,26H2,1-3H3/b19-16+/t31-,32+/m0/s1. The smallest absolute Gasteiger partial charge is 0.310 e. The molecule has 41 heavy (non-hydrogen) atoms. The molecule has 4 heteroatoms. The van der Waals surface area contributed by atoms with Crippen LogP contribution in [-0.4, -0.2) is 23.1 Å². The highest BCUT2D eigenvalue weighted by molar-refractivity contribution is 6.17. The highest BCUT2D eigenvalue weighted by atomic mass is 16.6. The summed E-state index contributed by atoms with van der Waals surface area (Å²) in [6.45, 7) is 5.46. The van der Waals surface area contributed by atoms with Gasteiger partial charge in [0.2, 0.25) is 0 Å². The maximum atomic E-state index is 14.3. The van der Waals surface area contributed by atoms with Gasteiger partial charge in [-0.2, -0.15) is 0 Å². The normalized spacial score (nSPS) is 13.1. The van der Waals surface area contributed by atoms with E-state index in [4.69, 9.17) is 4.74 Å².